The second kappa shape index (κ2) is 6.28. The van der Waals surface area contributed by atoms with E-state index in [9.17, 15) is 15.0 Å². The highest BCUT2D eigenvalue weighted by Crippen LogP contribution is 2.24. The average molecular weight is 286 g/mol. The number of carbonyl (C=O) groups is 1. The van der Waals surface area contributed by atoms with Crippen LogP contribution in [0.25, 0.3) is 0 Å². The third-order valence-electron chi connectivity index (χ3n) is 3.30. The van der Waals surface area contributed by atoms with Crippen LogP contribution in [0.5, 0.6) is 11.5 Å². The van der Waals surface area contributed by atoms with Gasteiger partial charge in [0.05, 0.1) is 5.56 Å². The highest BCUT2D eigenvalue weighted by molar-refractivity contribution is 6.06. The standard InChI is InChI=1S/C16H18N2O3/c1-10(17-2)11-4-3-5-12(8-11)18-16(21)14-7-6-13(19)9-15(14)20/h3-10,17,19-20H,1-2H3,(H,18,21). The van der Waals surface area contributed by atoms with E-state index in [2.05, 4.69) is 10.6 Å². The molecule has 1 atom stereocenters. The summed E-state index contributed by atoms with van der Waals surface area (Å²) in [5.74, 6) is -0.775. The summed E-state index contributed by atoms with van der Waals surface area (Å²) >= 11 is 0. The predicted molar refractivity (Wildman–Crippen MR) is 81.6 cm³/mol. The summed E-state index contributed by atoms with van der Waals surface area (Å²) < 4.78 is 0. The molecule has 0 fully saturated rings. The molecule has 0 heterocycles. The summed E-state index contributed by atoms with van der Waals surface area (Å²) in [6.45, 7) is 2.02. The molecular formula is C16H18N2O3. The first-order chi connectivity index (χ1) is 10.0. The van der Waals surface area contributed by atoms with Crippen LogP contribution >= 0.6 is 0 Å². The van der Waals surface area contributed by atoms with Crippen molar-refractivity contribution in [1.82, 2.24) is 5.32 Å². The molecule has 0 aliphatic carbocycles. The van der Waals surface area contributed by atoms with Crippen molar-refractivity contribution in [1.29, 1.82) is 0 Å². The summed E-state index contributed by atoms with van der Waals surface area (Å²) in [6.07, 6.45) is 0. The van der Waals surface area contributed by atoms with E-state index in [1.807, 2.05) is 32.2 Å². The van der Waals surface area contributed by atoms with Crippen molar-refractivity contribution in [3.63, 3.8) is 0 Å². The summed E-state index contributed by atoms with van der Waals surface area (Å²) in [4.78, 5) is 12.1. The second-order valence-electron chi connectivity index (χ2n) is 4.79. The molecule has 1 amide bonds. The van der Waals surface area contributed by atoms with Gasteiger partial charge in [0.2, 0.25) is 0 Å². The minimum absolute atomic E-state index is 0.0890. The molecule has 0 spiro atoms. The van der Waals surface area contributed by atoms with Gasteiger partial charge in [-0.15, -0.1) is 0 Å². The maximum Gasteiger partial charge on any atom is 0.259 e. The molecule has 2 aromatic rings. The Hall–Kier alpha value is -2.53. The zero-order chi connectivity index (χ0) is 15.4. The first kappa shape index (κ1) is 14.9. The molecule has 0 aliphatic heterocycles. The molecule has 0 saturated heterocycles. The Morgan fingerprint density at radius 3 is 2.57 bits per heavy atom. The smallest absolute Gasteiger partial charge is 0.259 e. The average Bonchev–Trinajstić information content (AvgIpc) is 2.46. The van der Waals surface area contributed by atoms with E-state index in [0.29, 0.717) is 5.69 Å². The molecule has 5 heteroatoms. The number of aromatic hydroxyl groups is 2. The fraction of sp³-hybridized carbons (Fsp3) is 0.188. The number of benzene rings is 2. The van der Waals surface area contributed by atoms with Crippen molar-refractivity contribution in [2.45, 2.75) is 13.0 Å². The van der Waals surface area contributed by atoms with Gasteiger partial charge < -0.3 is 20.8 Å². The molecule has 110 valence electrons. The van der Waals surface area contributed by atoms with Gasteiger partial charge in [-0.05, 0) is 43.8 Å². The van der Waals surface area contributed by atoms with Crippen LogP contribution in [0.4, 0.5) is 5.69 Å². The highest BCUT2D eigenvalue weighted by Gasteiger charge is 2.12. The van der Waals surface area contributed by atoms with Crippen LogP contribution in [0.2, 0.25) is 0 Å². The second-order valence-corrected chi connectivity index (χ2v) is 4.79. The van der Waals surface area contributed by atoms with Gasteiger partial charge in [0.25, 0.3) is 5.91 Å². The lowest BCUT2D eigenvalue weighted by Gasteiger charge is -2.13. The van der Waals surface area contributed by atoms with Crippen LogP contribution in [0.3, 0.4) is 0 Å². The number of rotatable bonds is 4. The Kier molecular flexibility index (Phi) is 4.45. The summed E-state index contributed by atoms with van der Waals surface area (Å²) in [7, 11) is 1.87. The Bertz CT molecular complexity index is 656. The van der Waals surface area contributed by atoms with Crippen LogP contribution in [0.1, 0.15) is 28.9 Å². The zero-order valence-electron chi connectivity index (χ0n) is 11.9. The molecule has 0 radical (unpaired) electrons. The maximum atomic E-state index is 12.1. The first-order valence-corrected chi connectivity index (χ1v) is 6.62. The van der Waals surface area contributed by atoms with Crippen LogP contribution in [-0.2, 0) is 0 Å². The molecule has 21 heavy (non-hydrogen) atoms. The van der Waals surface area contributed by atoms with Crippen LogP contribution in [-0.4, -0.2) is 23.2 Å². The van der Waals surface area contributed by atoms with Gasteiger partial charge >= 0.3 is 0 Å². The molecule has 1 unspecified atom stereocenters. The molecule has 4 N–H and O–H groups in total. The van der Waals surface area contributed by atoms with Gasteiger partial charge in [0.15, 0.2) is 0 Å². The minimum Gasteiger partial charge on any atom is -0.508 e. The Balaban J connectivity index is 2.19. The van der Waals surface area contributed by atoms with Gasteiger partial charge in [-0.25, -0.2) is 0 Å². The van der Waals surface area contributed by atoms with Crippen molar-refractivity contribution in [3.8, 4) is 11.5 Å². The van der Waals surface area contributed by atoms with E-state index in [4.69, 9.17) is 0 Å². The summed E-state index contributed by atoms with van der Waals surface area (Å²) in [5, 5.41) is 24.8. The SMILES string of the molecule is CNC(C)c1cccc(NC(=O)c2ccc(O)cc2O)c1. The van der Waals surface area contributed by atoms with Gasteiger partial charge in [-0.1, -0.05) is 12.1 Å². The fourth-order valence-corrected chi connectivity index (χ4v) is 1.96. The quantitative estimate of drug-likeness (QED) is 0.696. The van der Waals surface area contributed by atoms with Gasteiger partial charge in [-0.3, -0.25) is 4.79 Å². The van der Waals surface area contributed by atoms with E-state index in [1.54, 1.807) is 6.07 Å². The van der Waals surface area contributed by atoms with Gasteiger partial charge in [-0.2, -0.15) is 0 Å². The number of hydrogen-bond acceptors (Lipinski definition) is 4. The Labute approximate surface area is 123 Å². The normalized spacial score (nSPS) is 11.9. The van der Waals surface area contributed by atoms with Crippen molar-refractivity contribution in [2.24, 2.45) is 0 Å². The van der Waals surface area contributed by atoms with Crippen LogP contribution in [0, 0.1) is 0 Å². The molecule has 0 saturated carbocycles. The van der Waals surface area contributed by atoms with Gasteiger partial charge in [0.1, 0.15) is 11.5 Å². The molecule has 0 aliphatic rings. The first-order valence-electron chi connectivity index (χ1n) is 6.62. The summed E-state index contributed by atoms with van der Waals surface area (Å²) in [6, 6.07) is 11.5. The minimum atomic E-state index is -0.429. The van der Waals surface area contributed by atoms with Crippen molar-refractivity contribution >= 4 is 11.6 Å². The van der Waals surface area contributed by atoms with Crippen molar-refractivity contribution in [2.75, 3.05) is 12.4 Å². The number of hydrogen-bond donors (Lipinski definition) is 4. The number of phenols is 2. The molecule has 2 aromatic carbocycles. The number of amides is 1. The van der Waals surface area contributed by atoms with Crippen molar-refractivity contribution < 1.29 is 15.0 Å². The monoisotopic (exact) mass is 286 g/mol. The van der Waals surface area contributed by atoms with E-state index in [0.717, 1.165) is 11.6 Å². The molecular weight excluding hydrogens is 268 g/mol. The third-order valence-corrected chi connectivity index (χ3v) is 3.30. The molecule has 0 aromatic heterocycles. The Morgan fingerprint density at radius 2 is 1.90 bits per heavy atom. The number of anilines is 1. The van der Waals surface area contributed by atoms with E-state index in [1.165, 1.54) is 12.1 Å². The maximum absolute atomic E-state index is 12.1. The number of carbonyl (C=O) groups excluding carboxylic acids is 1. The number of nitrogens with one attached hydrogen (secondary N) is 2. The van der Waals surface area contributed by atoms with E-state index < -0.39 is 5.91 Å². The largest absolute Gasteiger partial charge is 0.508 e. The van der Waals surface area contributed by atoms with Crippen LogP contribution in [0.15, 0.2) is 42.5 Å². The topological polar surface area (TPSA) is 81.6 Å². The number of phenolic OH excluding ortho intramolecular Hbond substituents is 2. The molecule has 2 rings (SSSR count). The summed E-state index contributed by atoms with van der Waals surface area (Å²) in [5.41, 5.74) is 1.80. The zero-order valence-corrected chi connectivity index (χ0v) is 11.9. The lowest BCUT2D eigenvalue weighted by atomic mass is 10.1. The third kappa shape index (κ3) is 3.52. The van der Waals surface area contributed by atoms with Crippen molar-refractivity contribution in [3.05, 3.63) is 53.6 Å². The molecule has 0 bridgehead atoms. The lowest BCUT2D eigenvalue weighted by Crippen LogP contribution is -2.14. The van der Waals surface area contributed by atoms with E-state index >= 15 is 0 Å². The highest BCUT2D eigenvalue weighted by atomic mass is 16.3. The lowest BCUT2D eigenvalue weighted by molar-refractivity contribution is 0.102. The predicted octanol–water partition coefficient (Wildman–Crippen LogP) is 2.63. The molecule has 5 nitrogen and oxygen atoms in total. The van der Waals surface area contributed by atoms with E-state index in [-0.39, 0.29) is 23.1 Å². The Morgan fingerprint density at radius 1 is 1.14 bits per heavy atom. The fourth-order valence-electron chi connectivity index (χ4n) is 1.96. The van der Waals surface area contributed by atoms with Gasteiger partial charge in [0, 0.05) is 17.8 Å². The van der Waals surface area contributed by atoms with Crippen LogP contribution < -0.4 is 10.6 Å².